The predicted octanol–water partition coefficient (Wildman–Crippen LogP) is 3.73. The first kappa shape index (κ1) is 17.4. The van der Waals surface area contributed by atoms with Gasteiger partial charge in [0.05, 0.1) is 30.0 Å². The van der Waals surface area contributed by atoms with Crippen LogP contribution in [-0.2, 0) is 4.74 Å². The molecule has 0 unspecified atom stereocenters. The highest BCUT2D eigenvalue weighted by Crippen LogP contribution is 2.31. The summed E-state index contributed by atoms with van der Waals surface area (Å²) in [5.41, 5.74) is 1.71. The van der Waals surface area contributed by atoms with Gasteiger partial charge in [-0.3, -0.25) is 9.78 Å². The number of carbonyl (C=O) groups is 1. The van der Waals surface area contributed by atoms with Crippen LogP contribution in [0.1, 0.15) is 10.4 Å². The molecule has 1 amide bonds. The second kappa shape index (κ2) is 7.28. The van der Waals surface area contributed by atoms with Crippen LogP contribution in [0.2, 0.25) is 0 Å². The lowest BCUT2D eigenvalue weighted by Crippen LogP contribution is -2.41. The molecule has 1 aliphatic rings. The van der Waals surface area contributed by atoms with Crippen molar-refractivity contribution < 1.29 is 18.3 Å². The minimum Gasteiger partial charge on any atom is -0.378 e. The minimum absolute atomic E-state index is 0.226. The number of nitrogens with one attached hydrogen (secondary N) is 1. The maximum atomic E-state index is 13.9. The molecule has 1 N–H and O–H groups in total. The maximum Gasteiger partial charge on any atom is 0.257 e. The highest BCUT2D eigenvalue weighted by Gasteiger charge is 2.23. The third kappa shape index (κ3) is 3.59. The molecular formula is C20H17F2N3O2. The molecule has 1 saturated heterocycles. The number of hydrogen-bond acceptors (Lipinski definition) is 4. The van der Waals surface area contributed by atoms with Crippen LogP contribution in [0.25, 0.3) is 10.9 Å². The molecule has 1 fully saturated rings. The number of rotatable bonds is 3. The number of anilines is 2. The Hall–Kier alpha value is -3.06. The summed E-state index contributed by atoms with van der Waals surface area (Å²) < 4.78 is 32.8. The Morgan fingerprint density at radius 2 is 1.85 bits per heavy atom. The summed E-state index contributed by atoms with van der Waals surface area (Å²) in [5.74, 6) is -1.08. The number of fused-ring (bicyclic) bond motifs is 1. The molecule has 2 aromatic carbocycles. The van der Waals surface area contributed by atoms with E-state index in [2.05, 4.69) is 10.3 Å². The van der Waals surface area contributed by atoms with Crippen LogP contribution < -0.4 is 5.32 Å². The second-order valence-electron chi connectivity index (χ2n) is 6.25. The normalized spacial score (nSPS) is 14.4. The molecule has 5 nitrogen and oxygen atoms in total. The molecule has 1 aromatic heterocycles. The highest BCUT2D eigenvalue weighted by atomic mass is 19.1. The number of aromatic nitrogens is 1. The fraction of sp³-hybridized carbons (Fsp3) is 0.200. The van der Waals surface area contributed by atoms with E-state index < -0.39 is 11.6 Å². The number of morpholine rings is 1. The van der Waals surface area contributed by atoms with Crippen molar-refractivity contribution in [1.29, 1.82) is 0 Å². The van der Waals surface area contributed by atoms with E-state index in [1.165, 1.54) is 30.5 Å². The maximum absolute atomic E-state index is 13.9. The first-order valence-electron chi connectivity index (χ1n) is 8.60. The van der Waals surface area contributed by atoms with E-state index in [-0.39, 0.29) is 5.91 Å². The van der Waals surface area contributed by atoms with Gasteiger partial charge in [0.15, 0.2) is 0 Å². The average molecular weight is 369 g/mol. The minimum atomic E-state index is -0.442. The molecule has 0 atom stereocenters. The van der Waals surface area contributed by atoms with E-state index in [1.54, 1.807) is 23.1 Å². The Balaban J connectivity index is 1.83. The number of halogens is 2. The van der Waals surface area contributed by atoms with E-state index in [4.69, 9.17) is 4.74 Å². The molecule has 0 bridgehead atoms. The Bertz CT molecular complexity index is 1000. The molecule has 0 saturated carbocycles. The molecule has 0 spiro atoms. The van der Waals surface area contributed by atoms with Crippen molar-refractivity contribution in [1.82, 2.24) is 9.88 Å². The van der Waals surface area contributed by atoms with Gasteiger partial charge in [-0.05, 0) is 36.4 Å². The summed E-state index contributed by atoms with van der Waals surface area (Å²) >= 11 is 0. The van der Waals surface area contributed by atoms with E-state index in [9.17, 15) is 13.6 Å². The lowest BCUT2D eigenvalue weighted by Gasteiger charge is -2.28. The molecule has 3 aromatic rings. The van der Waals surface area contributed by atoms with Gasteiger partial charge in [0.1, 0.15) is 11.6 Å². The first-order chi connectivity index (χ1) is 13.1. The molecule has 1 aliphatic heterocycles. The smallest absolute Gasteiger partial charge is 0.257 e. The zero-order valence-corrected chi connectivity index (χ0v) is 14.4. The summed E-state index contributed by atoms with van der Waals surface area (Å²) in [6.07, 6.45) is 1.47. The first-order valence-corrected chi connectivity index (χ1v) is 8.60. The Labute approximate surface area is 154 Å². The van der Waals surface area contributed by atoms with Crippen LogP contribution in [0.15, 0.2) is 48.7 Å². The van der Waals surface area contributed by atoms with Gasteiger partial charge in [0.2, 0.25) is 0 Å². The van der Waals surface area contributed by atoms with Crippen molar-refractivity contribution in [2.75, 3.05) is 31.6 Å². The van der Waals surface area contributed by atoms with Gasteiger partial charge in [-0.15, -0.1) is 0 Å². The summed E-state index contributed by atoms with van der Waals surface area (Å²) in [6, 6.07) is 10.1. The third-order valence-electron chi connectivity index (χ3n) is 4.45. The second-order valence-corrected chi connectivity index (χ2v) is 6.25. The van der Waals surface area contributed by atoms with Gasteiger partial charge in [0.25, 0.3) is 5.91 Å². The number of benzene rings is 2. The summed E-state index contributed by atoms with van der Waals surface area (Å²) in [5, 5.41) is 3.53. The number of hydrogen-bond donors (Lipinski definition) is 1. The fourth-order valence-electron chi connectivity index (χ4n) is 3.11. The van der Waals surface area contributed by atoms with Crippen LogP contribution in [-0.4, -0.2) is 42.1 Å². The third-order valence-corrected chi connectivity index (χ3v) is 4.45. The van der Waals surface area contributed by atoms with Crippen molar-refractivity contribution in [3.05, 3.63) is 65.9 Å². The van der Waals surface area contributed by atoms with Crippen LogP contribution in [0.5, 0.6) is 0 Å². The molecule has 138 valence electrons. The fourth-order valence-corrected chi connectivity index (χ4v) is 3.11. The monoisotopic (exact) mass is 369 g/mol. The van der Waals surface area contributed by atoms with Crippen molar-refractivity contribution in [2.45, 2.75) is 0 Å². The lowest BCUT2D eigenvalue weighted by molar-refractivity contribution is 0.0303. The zero-order chi connectivity index (χ0) is 18.8. The topological polar surface area (TPSA) is 54.5 Å². The molecule has 2 heterocycles. The number of ether oxygens (including phenoxy) is 1. The standard InChI is InChI=1S/C20H17F2N3O2/c21-13-2-1-3-15(10-13)24-19-16-11-14(22)4-5-18(16)23-12-17(19)20(26)25-6-8-27-9-7-25/h1-5,10-12H,6-9H2,(H,23,24). The molecule has 0 aliphatic carbocycles. The predicted molar refractivity (Wildman–Crippen MR) is 98.1 cm³/mol. The Kier molecular flexibility index (Phi) is 4.68. The van der Waals surface area contributed by atoms with Crippen molar-refractivity contribution in [2.24, 2.45) is 0 Å². The van der Waals surface area contributed by atoms with Gasteiger partial charge in [-0.1, -0.05) is 6.07 Å². The zero-order valence-electron chi connectivity index (χ0n) is 14.4. The Morgan fingerprint density at radius 3 is 2.63 bits per heavy atom. The van der Waals surface area contributed by atoms with E-state index >= 15 is 0 Å². The molecule has 4 rings (SSSR count). The van der Waals surface area contributed by atoms with Crippen LogP contribution in [0.3, 0.4) is 0 Å². The van der Waals surface area contributed by atoms with Crippen molar-refractivity contribution in [3.63, 3.8) is 0 Å². The summed E-state index contributed by atoms with van der Waals surface area (Å²) in [6.45, 7) is 1.88. The number of nitrogens with zero attached hydrogens (tertiary/aromatic N) is 2. The van der Waals surface area contributed by atoms with Gasteiger partial charge >= 0.3 is 0 Å². The van der Waals surface area contributed by atoms with E-state index in [0.29, 0.717) is 54.1 Å². The van der Waals surface area contributed by atoms with Gasteiger partial charge in [-0.25, -0.2) is 8.78 Å². The van der Waals surface area contributed by atoms with Crippen molar-refractivity contribution in [3.8, 4) is 0 Å². The van der Waals surface area contributed by atoms with Crippen LogP contribution in [0, 0.1) is 11.6 Å². The molecular weight excluding hydrogens is 352 g/mol. The van der Waals surface area contributed by atoms with Crippen LogP contribution in [0.4, 0.5) is 20.2 Å². The van der Waals surface area contributed by atoms with Crippen LogP contribution >= 0.6 is 0 Å². The molecule has 27 heavy (non-hydrogen) atoms. The van der Waals surface area contributed by atoms with E-state index in [0.717, 1.165) is 0 Å². The van der Waals surface area contributed by atoms with Gasteiger partial charge in [0, 0.05) is 30.4 Å². The Morgan fingerprint density at radius 1 is 1.07 bits per heavy atom. The number of pyridine rings is 1. The number of amides is 1. The highest BCUT2D eigenvalue weighted by molar-refractivity contribution is 6.08. The summed E-state index contributed by atoms with van der Waals surface area (Å²) in [7, 11) is 0. The molecule has 0 radical (unpaired) electrons. The SMILES string of the molecule is O=C(c1cnc2ccc(F)cc2c1Nc1cccc(F)c1)N1CCOCC1. The van der Waals surface area contributed by atoms with E-state index in [1.807, 2.05) is 0 Å². The number of carbonyl (C=O) groups excluding carboxylic acids is 1. The summed E-state index contributed by atoms with van der Waals surface area (Å²) in [4.78, 5) is 19.0. The average Bonchev–Trinajstić information content (AvgIpc) is 2.68. The quantitative estimate of drug-likeness (QED) is 0.764. The largest absolute Gasteiger partial charge is 0.378 e. The van der Waals surface area contributed by atoms with Crippen molar-refractivity contribution >= 4 is 28.2 Å². The van der Waals surface area contributed by atoms with Gasteiger partial charge < -0.3 is 15.0 Å². The lowest BCUT2D eigenvalue weighted by atomic mass is 10.1. The molecule has 7 heteroatoms. The van der Waals surface area contributed by atoms with Gasteiger partial charge in [-0.2, -0.15) is 0 Å².